The number of alkyl halides is 3. The lowest BCUT2D eigenvalue weighted by Gasteiger charge is -2.19. The number of rotatable bonds is 4. The number of nitrogens with one attached hydrogen (secondary N) is 1. The average Bonchev–Trinajstić information content (AvgIpc) is 3.35. The summed E-state index contributed by atoms with van der Waals surface area (Å²) in [6.45, 7) is 0.215. The first-order valence-corrected chi connectivity index (χ1v) is 10.2. The number of carbonyl (C=O) groups is 1. The molecule has 3 aromatic rings. The molecule has 0 bridgehead atoms. The lowest BCUT2D eigenvalue weighted by Crippen LogP contribution is -2.42. The van der Waals surface area contributed by atoms with Crippen LogP contribution in [0.4, 0.5) is 18.9 Å². The van der Waals surface area contributed by atoms with Crippen molar-refractivity contribution >= 4 is 21.8 Å². The zero-order valence-electron chi connectivity index (χ0n) is 15.3. The molecule has 1 aliphatic heterocycles. The summed E-state index contributed by atoms with van der Waals surface area (Å²) in [7, 11) is -4.13. The Labute approximate surface area is 169 Å². The van der Waals surface area contributed by atoms with Gasteiger partial charge in [-0.05, 0) is 42.3 Å². The molecule has 0 radical (unpaired) electrons. The molecule has 0 unspecified atom stereocenters. The highest BCUT2D eigenvalue weighted by Gasteiger charge is 2.31. The fraction of sp³-hybridized carbons (Fsp3) is 0.158. The molecule has 11 heteroatoms. The van der Waals surface area contributed by atoms with Gasteiger partial charge in [-0.3, -0.25) is 9.10 Å². The molecule has 0 aliphatic carbocycles. The number of halogens is 3. The van der Waals surface area contributed by atoms with Crippen molar-refractivity contribution in [3.05, 3.63) is 77.6 Å². The van der Waals surface area contributed by atoms with Crippen LogP contribution in [-0.2, 0) is 22.8 Å². The quantitative estimate of drug-likeness (QED) is 0.682. The Kier molecular flexibility index (Phi) is 4.77. The highest BCUT2D eigenvalue weighted by molar-refractivity contribution is 7.91. The van der Waals surface area contributed by atoms with Crippen LogP contribution in [0.25, 0.3) is 5.69 Å². The van der Waals surface area contributed by atoms with Gasteiger partial charge in [-0.25, -0.2) is 9.40 Å². The van der Waals surface area contributed by atoms with Gasteiger partial charge in [0, 0.05) is 12.7 Å². The van der Waals surface area contributed by atoms with E-state index in [1.807, 2.05) is 16.9 Å². The molecule has 1 N–H and O–H groups in total. The van der Waals surface area contributed by atoms with E-state index in [-0.39, 0.29) is 12.1 Å². The molecular formula is C19H15F3N4O3S. The van der Waals surface area contributed by atoms with Crippen molar-refractivity contribution in [1.29, 1.82) is 0 Å². The predicted octanol–water partition coefficient (Wildman–Crippen LogP) is 2.93. The van der Waals surface area contributed by atoms with Gasteiger partial charge < -0.3 is 0 Å². The maximum Gasteiger partial charge on any atom is 0.416 e. The fourth-order valence-corrected chi connectivity index (χ4v) is 4.40. The summed E-state index contributed by atoms with van der Waals surface area (Å²) in [6, 6.07) is 11.2. The third-order valence-corrected chi connectivity index (χ3v) is 6.06. The van der Waals surface area contributed by atoms with Crippen molar-refractivity contribution in [3.8, 4) is 5.69 Å². The molecule has 7 nitrogen and oxygen atoms in total. The average molecular weight is 436 g/mol. The summed E-state index contributed by atoms with van der Waals surface area (Å²) in [5, 5.41) is 3.93. The number of aromatic nitrogens is 2. The number of nitrogens with zero attached hydrogens (tertiary/aromatic N) is 3. The van der Waals surface area contributed by atoms with Gasteiger partial charge in [0.05, 0.1) is 28.7 Å². The monoisotopic (exact) mass is 436 g/mol. The standard InChI is InChI=1S/C19H15F3N4O3S/c20-19(21,22)15-5-7-16(8-6-15)25-12-14(11-23-25)18(27)24-30(28,29)26-10-9-13-3-1-2-4-17(13)26/h1-8,11-12H,9-10H2,(H,24,27). The van der Waals surface area contributed by atoms with Crippen molar-refractivity contribution in [1.82, 2.24) is 14.5 Å². The Morgan fingerprint density at radius 1 is 1.07 bits per heavy atom. The fourth-order valence-electron chi connectivity index (χ4n) is 3.17. The van der Waals surface area contributed by atoms with E-state index in [1.54, 1.807) is 12.1 Å². The first-order valence-electron chi connectivity index (χ1n) is 8.80. The van der Waals surface area contributed by atoms with Crippen molar-refractivity contribution in [3.63, 3.8) is 0 Å². The van der Waals surface area contributed by atoms with E-state index in [9.17, 15) is 26.4 Å². The SMILES string of the molecule is O=C(NS(=O)(=O)N1CCc2ccccc21)c1cnn(-c2ccc(C(F)(F)F)cc2)c1. The van der Waals surface area contributed by atoms with Gasteiger partial charge >= 0.3 is 16.4 Å². The van der Waals surface area contributed by atoms with Gasteiger partial charge in [-0.2, -0.15) is 26.7 Å². The van der Waals surface area contributed by atoms with Crippen LogP contribution in [0.2, 0.25) is 0 Å². The van der Waals surface area contributed by atoms with Crippen LogP contribution in [0.5, 0.6) is 0 Å². The molecule has 4 rings (SSSR count). The molecule has 2 heterocycles. The zero-order valence-corrected chi connectivity index (χ0v) is 16.1. The smallest absolute Gasteiger partial charge is 0.268 e. The molecule has 0 saturated heterocycles. The minimum Gasteiger partial charge on any atom is -0.268 e. The van der Waals surface area contributed by atoms with E-state index in [0.29, 0.717) is 17.8 Å². The zero-order chi connectivity index (χ0) is 21.5. The van der Waals surface area contributed by atoms with E-state index in [1.165, 1.54) is 23.0 Å². The van der Waals surface area contributed by atoms with Crippen LogP contribution in [0.1, 0.15) is 21.5 Å². The van der Waals surface area contributed by atoms with E-state index in [0.717, 1.165) is 28.2 Å². The van der Waals surface area contributed by atoms with Crippen LogP contribution in [0.3, 0.4) is 0 Å². The summed E-state index contributed by atoms with van der Waals surface area (Å²) in [5.41, 5.74) is 0.807. The number of fused-ring (bicyclic) bond motifs is 1. The largest absolute Gasteiger partial charge is 0.416 e. The Morgan fingerprint density at radius 3 is 2.47 bits per heavy atom. The van der Waals surface area contributed by atoms with E-state index < -0.39 is 27.9 Å². The van der Waals surface area contributed by atoms with Gasteiger partial charge in [0.1, 0.15) is 0 Å². The summed E-state index contributed by atoms with van der Waals surface area (Å²) < 4.78 is 67.6. The first-order chi connectivity index (χ1) is 14.1. The molecule has 2 aromatic carbocycles. The number of anilines is 1. The summed E-state index contributed by atoms with van der Waals surface area (Å²) in [6.07, 6.45) is -1.54. The highest BCUT2D eigenvalue weighted by Crippen LogP contribution is 2.30. The number of carbonyl (C=O) groups excluding carboxylic acids is 1. The molecular weight excluding hydrogens is 421 g/mol. The number of benzene rings is 2. The Hall–Kier alpha value is -3.34. The van der Waals surface area contributed by atoms with Gasteiger partial charge in [-0.1, -0.05) is 18.2 Å². The third-order valence-electron chi connectivity index (χ3n) is 4.66. The van der Waals surface area contributed by atoms with E-state index in [4.69, 9.17) is 0 Å². The number of amides is 1. The van der Waals surface area contributed by atoms with Crippen molar-refractivity contribution < 1.29 is 26.4 Å². The summed E-state index contributed by atoms with van der Waals surface area (Å²) in [4.78, 5) is 12.4. The molecule has 1 aliphatic rings. The Balaban J connectivity index is 1.51. The van der Waals surface area contributed by atoms with Gasteiger partial charge in [0.2, 0.25) is 0 Å². The van der Waals surface area contributed by atoms with Crippen LogP contribution in [-0.4, -0.2) is 30.7 Å². The molecule has 1 amide bonds. The van der Waals surface area contributed by atoms with Crippen molar-refractivity contribution in [2.45, 2.75) is 12.6 Å². The van der Waals surface area contributed by atoms with Crippen LogP contribution in [0.15, 0.2) is 60.9 Å². The molecule has 156 valence electrons. The maximum atomic E-state index is 12.7. The lowest BCUT2D eigenvalue weighted by molar-refractivity contribution is -0.137. The van der Waals surface area contributed by atoms with Crippen molar-refractivity contribution in [2.75, 3.05) is 10.8 Å². The first kappa shape index (κ1) is 20.0. The molecule has 0 atom stereocenters. The van der Waals surface area contributed by atoms with Crippen LogP contribution in [0, 0.1) is 0 Å². The van der Waals surface area contributed by atoms with Crippen LogP contribution < -0.4 is 9.03 Å². The molecule has 1 aromatic heterocycles. The van der Waals surface area contributed by atoms with Gasteiger partial charge in [0.25, 0.3) is 5.91 Å². The highest BCUT2D eigenvalue weighted by atomic mass is 32.2. The van der Waals surface area contributed by atoms with Crippen LogP contribution >= 0.6 is 0 Å². The predicted molar refractivity (Wildman–Crippen MR) is 102 cm³/mol. The van der Waals surface area contributed by atoms with E-state index >= 15 is 0 Å². The van der Waals surface area contributed by atoms with E-state index in [2.05, 4.69) is 5.10 Å². The van der Waals surface area contributed by atoms with Gasteiger partial charge in [0.15, 0.2) is 0 Å². The number of hydrogen-bond acceptors (Lipinski definition) is 4. The minimum absolute atomic E-state index is 0.0500. The summed E-state index contributed by atoms with van der Waals surface area (Å²) in [5.74, 6) is -0.891. The normalized spacial score (nSPS) is 13.9. The van der Waals surface area contributed by atoms with Gasteiger partial charge in [-0.15, -0.1) is 0 Å². The second-order valence-electron chi connectivity index (χ2n) is 6.61. The molecule has 0 fully saturated rings. The molecule has 0 saturated carbocycles. The minimum atomic E-state index is -4.46. The lowest BCUT2D eigenvalue weighted by atomic mass is 10.2. The Bertz CT molecular complexity index is 1200. The maximum absolute atomic E-state index is 12.7. The second kappa shape index (κ2) is 7.17. The molecule has 0 spiro atoms. The number of hydrogen-bond donors (Lipinski definition) is 1. The number of para-hydroxylation sites is 1. The topological polar surface area (TPSA) is 84.3 Å². The second-order valence-corrected chi connectivity index (χ2v) is 8.20. The van der Waals surface area contributed by atoms with Crippen molar-refractivity contribution in [2.24, 2.45) is 0 Å². The third kappa shape index (κ3) is 3.75. The molecule has 30 heavy (non-hydrogen) atoms. The summed E-state index contributed by atoms with van der Waals surface area (Å²) >= 11 is 0. The Morgan fingerprint density at radius 2 is 1.77 bits per heavy atom.